The Morgan fingerprint density at radius 3 is 2.94 bits per heavy atom. The fourth-order valence-corrected chi connectivity index (χ4v) is 3.00. The van der Waals surface area contributed by atoms with Crippen LogP contribution in [-0.4, -0.2) is 49.3 Å². The third-order valence-electron chi connectivity index (χ3n) is 3.00. The predicted molar refractivity (Wildman–Crippen MR) is 70.5 cm³/mol. The number of hydrogen-bond acceptors (Lipinski definition) is 5. The highest BCUT2D eigenvalue weighted by atomic mass is 32.1. The summed E-state index contributed by atoms with van der Waals surface area (Å²) < 4.78 is 5.69. The predicted octanol–water partition coefficient (Wildman–Crippen LogP) is 1.18. The molecule has 5 heteroatoms. The van der Waals surface area contributed by atoms with Crippen molar-refractivity contribution in [3.63, 3.8) is 0 Å². The highest BCUT2D eigenvalue weighted by Gasteiger charge is 2.16. The molecule has 0 aromatic carbocycles. The first-order chi connectivity index (χ1) is 8.15. The number of nitrogens with zero attached hydrogens (tertiary/aromatic N) is 2. The van der Waals surface area contributed by atoms with Gasteiger partial charge in [-0.3, -0.25) is 4.90 Å². The highest BCUT2D eigenvalue weighted by molar-refractivity contribution is 7.11. The van der Waals surface area contributed by atoms with E-state index in [2.05, 4.69) is 36.1 Å². The maximum Gasteiger partial charge on any atom is 0.107 e. The van der Waals surface area contributed by atoms with Crippen molar-refractivity contribution < 1.29 is 4.74 Å². The number of aryl methyl sites for hydroxylation is 2. The number of hydrogen-bond donors (Lipinski definition) is 1. The average Bonchev–Trinajstić information content (AvgIpc) is 2.59. The van der Waals surface area contributed by atoms with Crippen LogP contribution in [0, 0.1) is 13.8 Å². The Balaban J connectivity index is 1.81. The molecule has 1 saturated heterocycles. The van der Waals surface area contributed by atoms with Gasteiger partial charge >= 0.3 is 0 Å². The van der Waals surface area contributed by atoms with Gasteiger partial charge in [-0.05, 0) is 20.9 Å². The van der Waals surface area contributed by atoms with E-state index in [4.69, 9.17) is 4.74 Å². The van der Waals surface area contributed by atoms with E-state index in [1.165, 1.54) is 9.88 Å². The molecule has 1 N–H and O–H groups in total. The van der Waals surface area contributed by atoms with E-state index in [1.54, 1.807) is 11.3 Å². The lowest BCUT2D eigenvalue weighted by Crippen LogP contribution is -2.44. The number of morpholine rings is 1. The average molecular weight is 255 g/mol. The molecule has 17 heavy (non-hydrogen) atoms. The zero-order valence-corrected chi connectivity index (χ0v) is 11.6. The van der Waals surface area contributed by atoms with Gasteiger partial charge in [0, 0.05) is 24.5 Å². The maximum absolute atomic E-state index is 5.69. The second kappa shape index (κ2) is 5.91. The minimum Gasteiger partial charge on any atom is -0.374 e. The third-order valence-corrected chi connectivity index (χ3v) is 4.06. The van der Waals surface area contributed by atoms with Crippen LogP contribution in [0.3, 0.4) is 0 Å². The van der Waals surface area contributed by atoms with Gasteiger partial charge < -0.3 is 10.1 Å². The minimum absolute atomic E-state index is 0.316. The van der Waals surface area contributed by atoms with Gasteiger partial charge in [0.05, 0.1) is 24.9 Å². The lowest BCUT2D eigenvalue weighted by Gasteiger charge is -2.27. The molecular weight excluding hydrogens is 234 g/mol. The SMILES string of the molecule is Cc1nc(CN(C)CC2CNCCO2)sc1C. The minimum atomic E-state index is 0.316. The Morgan fingerprint density at radius 1 is 1.53 bits per heavy atom. The van der Waals surface area contributed by atoms with Gasteiger partial charge in [0.15, 0.2) is 0 Å². The number of nitrogens with one attached hydrogen (secondary N) is 1. The van der Waals surface area contributed by atoms with Crippen LogP contribution in [0.2, 0.25) is 0 Å². The first-order valence-corrected chi connectivity index (χ1v) is 6.90. The van der Waals surface area contributed by atoms with Gasteiger partial charge in [-0.25, -0.2) is 4.98 Å². The molecule has 1 aromatic heterocycles. The summed E-state index contributed by atoms with van der Waals surface area (Å²) in [6.07, 6.45) is 0.316. The molecule has 2 rings (SSSR count). The fourth-order valence-electron chi connectivity index (χ4n) is 1.99. The van der Waals surface area contributed by atoms with Gasteiger partial charge in [-0.2, -0.15) is 0 Å². The number of rotatable bonds is 4. The van der Waals surface area contributed by atoms with Crippen LogP contribution in [0.5, 0.6) is 0 Å². The first kappa shape index (κ1) is 13.0. The smallest absolute Gasteiger partial charge is 0.107 e. The van der Waals surface area contributed by atoms with Crippen molar-refractivity contribution in [3.05, 3.63) is 15.6 Å². The molecule has 1 aliphatic rings. The molecule has 0 saturated carbocycles. The van der Waals surface area contributed by atoms with Crippen LogP contribution in [0.4, 0.5) is 0 Å². The van der Waals surface area contributed by atoms with E-state index in [9.17, 15) is 0 Å². The summed E-state index contributed by atoms with van der Waals surface area (Å²) in [5.74, 6) is 0. The van der Waals surface area contributed by atoms with Gasteiger partial charge in [-0.1, -0.05) is 0 Å². The summed E-state index contributed by atoms with van der Waals surface area (Å²) in [5.41, 5.74) is 1.16. The Labute approximate surface area is 107 Å². The summed E-state index contributed by atoms with van der Waals surface area (Å²) in [6, 6.07) is 0. The summed E-state index contributed by atoms with van der Waals surface area (Å²) in [4.78, 5) is 8.17. The standard InChI is InChI=1S/C12H21N3OS/c1-9-10(2)17-12(14-9)8-15(3)7-11-6-13-4-5-16-11/h11,13H,4-8H2,1-3H3. The Hall–Kier alpha value is -0.490. The molecule has 1 fully saturated rings. The molecule has 0 amide bonds. The van der Waals surface area contributed by atoms with Crippen molar-refractivity contribution >= 4 is 11.3 Å². The van der Waals surface area contributed by atoms with Crippen LogP contribution in [0.15, 0.2) is 0 Å². The second-order valence-electron chi connectivity index (χ2n) is 4.64. The largest absolute Gasteiger partial charge is 0.374 e. The van der Waals surface area contributed by atoms with Crippen molar-refractivity contribution in [3.8, 4) is 0 Å². The summed E-state index contributed by atoms with van der Waals surface area (Å²) in [6.45, 7) is 8.84. The number of ether oxygens (including phenoxy) is 1. The van der Waals surface area contributed by atoms with Crippen molar-refractivity contribution in [2.45, 2.75) is 26.5 Å². The monoisotopic (exact) mass is 255 g/mol. The second-order valence-corrected chi connectivity index (χ2v) is 5.93. The van der Waals surface area contributed by atoms with Gasteiger partial charge in [0.25, 0.3) is 0 Å². The number of thiazole rings is 1. The highest BCUT2D eigenvalue weighted by Crippen LogP contribution is 2.17. The summed E-state index contributed by atoms with van der Waals surface area (Å²) >= 11 is 1.80. The zero-order valence-electron chi connectivity index (χ0n) is 10.8. The van der Waals surface area contributed by atoms with E-state index in [0.29, 0.717) is 6.10 Å². The topological polar surface area (TPSA) is 37.4 Å². The van der Waals surface area contributed by atoms with Crippen LogP contribution in [-0.2, 0) is 11.3 Å². The lowest BCUT2D eigenvalue weighted by molar-refractivity contribution is 0.00884. The van der Waals surface area contributed by atoms with E-state index in [-0.39, 0.29) is 0 Å². The van der Waals surface area contributed by atoms with Crippen LogP contribution in [0.1, 0.15) is 15.6 Å². The molecule has 4 nitrogen and oxygen atoms in total. The van der Waals surface area contributed by atoms with E-state index >= 15 is 0 Å². The number of aromatic nitrogens is 1. The van der Waals surface area contributed by atoms with Crippen LogP contribution >= 0.6 is 11.3 Å². The normalized spacial score (nSPS) is 21.1. The quantitative estimate of drug-likeness (QED) is 0.877. The van der Waals surface area contributed by atoms with Crippen LogP contribution < -0.4 is 5.32 Å². The molecule has 1 atom stereocenters. The van der Waals surface area contributed by atoms with Crippen molar-refractivity contribution in [2.24, 2.45) is 0 Å². The van der Waals surface area contributed by atoms with E-state index < -0.39 is 0 Å². The van der Waals surface area contributed by atoms with Crippen molar-refractivity contribution in [2.75, 3.05) is 33.3 Å². The maximum atomic E-state index is 5.69. The molecule has 0 spiro atoms. The summed E-state index contributed by atoms with van der Waals surface area (Å²) in [7, 11) is 2.13. The molecule has 0 radical (unpaired) electrons. The molecule has 1 aliphatic heterocycles. The van der Waals surface area contributed by atoms with Crippen LogP contribution in [0.25, 0.3) is 0 Å². The van der Waals surface area contributed by atoms with Crippen molar-refractivity contribution in [1.82, 2.24) is 15.2 Å². The molecule has 0 aliphatic carbocycles. The Morgan fingerprint density at radius 2 is 2.35 bits per heavy atom. The van der Waals surface area contributed by atoms with E-state index in [0.717, 1.165) is 38.5 Å². The van der Waals surface area contributed by atoms with Gasteiger partial charge in [-0.15, -0.1) is 11.3 Å². The van der Waals surface area contributed by atoms with Gasteiger partial charge in [0.1, 0.15) is 5.01 Å². The Bertz CT molecular complexity index is 341. The fraction of sp³-hybridized carbons (Fsp3) is 0.750. The number of likely N-dealkylation sites (N-methyl/N-ethyl adjacent to an activating group) is 1. The Kier molecular flexibility index (Phi) is 4.50. The molecule has 96 valence electrons. The molecule has 0 bridgehead atoms. The first-order valence-electron chi connectivity index (χ1n) is 6.09. The molecule has 1 aromatic rings. The summed E-state index contributed by atoms with van der Waals surface area (Å²) in [5, 5.41) is 4.55. The lowest BCUT2D eigenvalue weighted by atomic mass is 10.3. The molecule has 2 heterocycles. The van der Waals surface area contributed by atoms with E-state index in [1.807, 2.05) is 0 Å². The van der Waals surface area contributed by atoms with Gasteiger partial charge in [0.2, 0.25) is 0 Å². The zero-order chi connectivity index (χ0) is 12.3. The van der Waals surface area contributed by atoms with Crippen molar-refractivity contribution in [1.29, 1.82) is 0 Å². The third kappa shape index (κ3) is 3.74. The molecular formula is C12H21N3OS. The molecule has 1 unspecified atom stereocenters.